The Bertz CT molecular complexity index is 4790. The van der Waals surface area contributed by atoms with Crippen LogP contribution in [0.1, 0.15) is 0 Å². The third-order valence-electron chi connectivity index (χ3n) is 14.4. The van der Waals surface area contributed by atoms with E-state index in [9.17, 15) is 0 Å². The molecule has 0 aliphatic carbocycles. The number of hydrogen-bond acceptors (Lipinski definition) is 6. The minimum atomic E-state index is 0.591. The summed E-state index contributed by atoms with van der Waals surface area (Å²) in [6.45, 7) is 0. The average Bonchev–Trinajstić information content (AvgIpc) is 4.18. The Morgan fingerprint density at radius 1 is 0.343 bits per heavy atom. The van der Waals surface area contributed by atoms with Gasteiger partial charge >= 0.3 is 0 Å². The van der Waals surface area contributed by atoms with Crippen molar-refractivity contribution in [3.05, 3.63) is 206 Å². The number of furan rings is 1. The molecule has 70 heavy (non-hydrogen) atoms. The molecule has 0 saturated carbocycles. The summed E-state index contributed by atoms with van der Waals surface area (Å²) in [7, 11) is 0. The fourth-order valence-corrected chi connectivity index (χ4v) is 13.4. The molecule has 0 bridgehead atoms. The van der Waals surface area contributed by atoms with Crippen molar-refractivity contribution in [3.8, 4) is 39.9 Å². The highest BCUT2D eigenvalue weighted by Crippen LogP contribution is 2.46. The Hall–Kier alpha value is -8.75. The summed E-state index contributed by atoms with van der Waals surface area (Å²) in [5, 5.41) is 16.5. The predicted octanol–water partition coefficient (Wildman–Crippen LogP) is 18.1. The molecule has 5 aromatic heterocycles. The van der Waals surface area contributed by atoms with E-state index >= 15 is 0 Å². The van der Waals surface area contributed by atoms with Gasteiger partial charge in [0, 0.05) is 84.0 Å². The van der Waals surface area contributed by atoms with Crippen LogP contribution >= 0.6 is 22.7 Å². The van der Waals surface area contributed by atoms with Crippen molar-refractivity contribution in [1.29, 1.82) is 0 Å². The third kappa shape index (κ3) is 5.55. The molecular weight excluding hydrogens is 893 g/mol. The number of benzene rings is 11. The number of thiophene rings is 2. The molecule has 0 amide bonds. The summed E-state index contributed by atoms with van der Waals surface area (Å²) >= 11 is 3.67. The van der Waals surface area contributed by atoms with Crippen LogP contribution in [0.2, 0.25) is 0 Å². The molecule has 5 heterocycles. The molecule has 0 aliphatic rings. The lowest BCUT2D eigenvalue weighted by atomic mass is 10.0. The van der Waals surface area contributed by atoms with Gasteiger partial charge in [-0.15, -0.1) is 22.7 Å². The maximum absolute atomic E-state index is 6.32. The van der Waals surface area contributed by atoms with E-state index in [0.29, 0.717) is 17.5 Å². The summed E-state index contributed by atoms with van der Waals surface area (Å²) in [5.41, 5.74) is 7.69. The molecule has 11 aromatic carbocycles. The van der Waals surface area contributed by atoms with E-state index in [1.54, 1.807) is 0 Å². The van der Waals surface area contributed by atoms with Crippen molar-refractivity contribution in [2.45, 2.75) is 0 Å². The molecule has 0 aliphatic heterocycles. The van der Waals surface area contributed by atoms with E-state index in [0.717, 1.165) is 55.3 Å². The van der Waals surface area contributed by atoms with Crippen LogP contribution < -0.4 is 0 Å². The van der Waals surface area contributed by atoms with E-state index in [1.165, 1.54) is 83.4 Å². The molecule has 16 aromatic rings. The molecule has 0 radical (unpaired) electrons. The summed E-state index contributed by atoms with van der Waals surface area (Å²) in [4.78, 5) is 16.6. The van der Waals surface area contributed by atoms with Crippen LogP contribution in [0.4, 0.5) is 0 Å². The van der Waals surface area contributed by atoms with Gasteiger partial charge in [-0.3, -0.25) is 0 Å². The van der Waals surface area contributed by atoms with Crippen molar-refractivity contribution < 1.29 is 4.42 Å². The number of para-hydroxylation sites is 1. The molecular formula is C63H34N4OS2. The topological polar surface area (TPSA) is 56.7 Å². The molecule has 324 valence electrons. The first kappa shape index (κ1) is 38.2. The molecule has 0 unspecified atom stereocenters. The SMILES string of the molecule is c1ccc2cc3c(cc2c1)c1ccc2ccccc2c1n3-c1cc2sc3c4ccccc4ccc3c2cc1-c1nc(-c2ccc3oc4ccccc4c3c2)nc(-c2ccc3sc4ccccc4c3c2)n1. The smallest absolute Gasteiger partial charge is 0.166 e. The van der Waals surface area contributed by atoms with Crippen LogP contribution in [0.5, 0.6) is 0 Å². The van der Waals surface area contributed by atoms with Gasteiger partial charge in [-0.1, -0.05) is 133 Å². The summed E-state index contributed by atoms with van der Waals surface area (Å²) in [6, 6.07) is 74.5. The Labute approximate surface area is 406 Å². The zero-order chi connectivity index (χ0) is 45.6. The zero-order valence-electron chi connectivity index (χ0n) is 37.1. The number of fused-ring (bicyclic) bond motifs is 17. The van der Waals surface area contributed by atoms with Crippen LogP contribution in [0.25, 0.3) is 156 Å². The van der Waals surface area contributed by atoms with Crippen molar-refractivity contribution in [2.24, 2.45) is 0 Å². The lowest BCUT2D eigenvalue weighted by Crippen LogP contribution is -2.04. The van der Waals surface area contributed by atoms with Crippen molar-refractivity contribution in [2.75, 3.05) is 0 Å². The molecule has 0 saturated heterocycles. The molecule has 0 fully saturated rings. The molecule has 0 spiro atoms. The lowest BCUT2D eigenvalue weighted by molar-refractivity contribution is 0.669. The van der Waals surface area contributed by atoms with E-state index in [-0.39, 0.29) is 0 Å². The van der Waals surface area contributed by atoms with E-state index < -0.39 is 0 Å². The van der Waals surface area contributed by atoms with E-state index in [2.05, 4.69) is 193 Å². The Balaban J connectivity index is 1.05. The number of rotatable bonds is 4. The standard InChI is InChI=1S/C63H34N4OS2/c1-2-14-38-32-52-47(29-37(38)13-1)45-25-21-35-11-3-5-15-41(35)59(45)67(52)53-34-58-50(46-26-22-36-12-4-6-16-42(36)60(46)70-58)33-51(53)63-65-61(39-23-27-55-48(30-39)43-17-7-9-19-54(43)68-55)64-62(66-63)40-24-28-57-49(31-40)44-18-8-10-20-56(44)69-57/h1-34H. The Kier molecular flexibility index (Phi) is 7.86. The van der Waals surface area contributed by atoms with Gasteiger partial charge in [0.05, 0.1) is 16.7 Å². The number of hydrogen-bond donors (Lipinski definition) is 0. The summed E-state index contributed by atoms with van der Waals surface area (Å²) < 4.78 is 13.8. The molecule has 7 heteroatoms. The fourth-order valence-electron chi connectivity index (χ4n) is 11.1. The minimum Gasteiger partial charge on any atom is -0.456 e. The van der Waals surface area contributed by atoms with Crippen molar-refractivity contribution >= 4 is 139 Å². The van der Waals surface area contributed by atoms with Gasteiger partial charge in [-0.05, 0) is 99.7 Å². The molecule has 0 N–H and O–H groups in total. The largest absolute Gasteiger partial charge is 0.456 e. The van der Waals surface area contributed by atoms with E-state index in [4.69, 9.17) is 19.4 Å². The van der Waals surface area contributed by atoms with Crippen molar-refractivity contribution in [1.82, 2.24) is 19.5 Å². The normalized spacial score (nSPS) is 12.3. The second-order valence-corrected chi connectivity index (χ2v) is 20.4. The van der Waals surface area contributed by atoms with Gasteiger partial charge in [-0.25, -0.2) is 15.0 Å². The monoisotopic (exact) mass is 926 g/mol. The van der Waals surface area contributed by atoms with Crippen LogP contribution in [0.15, 0.2) is 211 Å². The summed E-state index contributed by atoms with van der Waals surface area (Å²) in [6.07, 6.45) is 0. The first-order valence-electron chi connectivity index (χ1n) is 23.5. The summed E-state index contributed by atoms with van der Waals surface area (Å²) in [5.74, 6) is 1.80. The predicted molar refractivity (Wildman–Crippen MR) is 296 cm³/mol. The maximum atomic E-state index is 6.32. The van der Waals surface area contributed by atoms with Gasteiger partial charge in [0.1, 0.15) is 11.2 Å². The Morgan fingerprint density at radius 2 is 0.943 bits per heavy atom. The van der Waals surface area contributed by atoms with Crippen LogP contribution in [-0.4, -0.2) is 19.5 Å². The maximum Gasteiger partial charge on any atom is 0.166 e. The minimum absolute atomic E-state index is 0.591. The number of aromatic nitrogens is 4. The van der Waals surface area contributed by atoms with Crippen LogP contribution in [-0.2, 0) is 0 Å². The van der Waals surface area contributed by atoms with Gasteiger partial charge in [0.25, 0.3) is 0 Å². The molecule has 16 rings (SSSR count). The lowest BCUT2D eigenvalue weighted by Gasteiger charge is -2.16. The third-order valence-corrected chi connectivity index (χ3v) is 16.7. The molecule has 5 nitrogen and oxygen atoms in total. The van der Waals surface area contributed by atoms with E-state index in [1.807, 2.05) is 40.9 Å². The Morgan fingerprint density at radius 3 is 1.77 bits per heavy atom. The van der Waals surface area contributed by atoms with Crippen LogP contribution in [0, 0.1) is 0 Å². The fraction of sp³-hybridized carbons (Fsp3) is 0. The highest BCUT2D eigenvalue weighted by atomic mass is 32.1. The zero-order valence-corrected chi connectivity index (χ0v) is 38.8. The van der Waals surface area contributed by atoms with Gasteiger partial charge in [-0.2, -0.15) is 0 Å². The second kappa shape index (κ2) is 14.4. The number of nitrogens with zero attached hydrogens (tertiary/aromatic N) is 4. The van der Waals surface area contributed by atoms with Gasteiger partial charge in [0.15, 0.2) is 17.5 Å². The highest BCUT2D eigenvalue weighted by molar-refractivity contribution is 7.27. The van der Waals surface area contributed by atoms with Crippen molar-refractivity contribution in [3.63, 3.8) is 0 Å². The first-order valence-corrected chi connectivity index (χ1v) is 25.1. The first-order chi connectivity index (χ1) is 34.6. The van der Waals surface area contributed by atoms with Crippen LogP contribution in [0.3, 0.4) is 0 Å². The average molecular weight is 927 g/mol. The quantitative estimate of drug-likeness (QED) is 0.176. The second-order valence-electron chi connectivity index (χ2n) is 18.3. The van der Waals surface area contributed by atoms with Gasteiger partial charge in [0.2, 0.25) is 0 Å². The molecule has 0 atom stereocenters. The highest BCUT2D eigenvalue weighted by Gasteiger charge is 2.24. The van der Waals surface area contributed by atoms with Gasteiger partial charge < -0.3 is 8.98 Å².